The summed E-state index contributed by atoms with van der Waals surface area (Å²) in [6.45, 7) is 7.21. The molecule has 0 aliphatic carbocycles. The van der Waals surface area contributed by atoms with Gasteiger partial charge in [0.1, 0.15) is 0 Å². The summed E-state index contributed by atoms with van der Waals surface area (Å²) in [7, 11) is 0. The van der Waals surface area contributed by atoms with Crippen molar-refractivity contribution in [3.8, 4) is 0 Å². The first-order valence-corrected chi connectivity index (χ1v) is 7.01. The molecule has 0 saturated carbocycles. The Morgan fingerprint density at radius 1 is 1.53 bits per heavy atom. The van der Waals surface area contributed by atoms with Crippen LogP contribution in [-0.4, -0.2) is 47.5 Å². The van der Waals surface area contributed by atoms with Crippen molar-refractivity contribution < 1.29 is 4.79 Å². The van der Waals surface area contributed by atoms with E-state index in [1.165, 1.54) is 0 Å². The minimum absolute atomic E-state index is 0.0503. The van der Waals surface area contributed by atoms with Crippen molar-refractivity contribution in [1.29, 1.82) is 0 Å². The summed E-state index contributed by atoms with van der Waals surface area (Å²) in [6, 6.07) is 0.801. The van der Waals surface area contributed by atoms with Gasteiger partial charge in [-0.3, -0.25) is 4.79 Å². The molecular weight excluding hydrogens is 208 g/mol. The summed E-state index contributed by atoms with van der Waals surface area (Å²) in [5.41, 5.74) is 0. The molecule has 0 aromatic heterocycles. The molecule has 2 unspecified atom stereocenters. The van der Waals surface area contributed by atoms with Crippen molar-refractivity contribution in [2.75, 3.05) is 18.6 Å². The van der Waals surface area contributed by atoms with E-state index >= 15 is 0 Å². The third-order valence-electron chi connectivity index (χ3n) is 2.71. The Hall–Kier alpha value is -0.220. The van der Waals surface area contributed by atoms with Gasteiger partial charge in [-0.05, 0) is 19.6 Å². The van der Waals surface area contributed by atoms with Gasteiger partial charge in [0, 0.05) is 24.4 Å². The fraction of sp³-hybridized carbons (Fsp3) is 0.909. The maximum Gasteiger partial charge on any atom is 0.240 e. The second-order valence-corrected chi connectivity index (χ2v) is 5.41. The van der Waals surface area contributed by atoms with Crippen LogP contribution in [0.2, 0.25) is 0 Å². The van der Waals surface area contributed by atoms with Gasteiger partial charge in [0.2, 0.25) is 5.91 Å². The zero-order valence-corrected chi connectivity index (χ0v) is 10.9. The topological polar surface area (TPSA) is 32.3 Å². The third-order valence-corrected chi connectivity index (χ3v) is 3.53. The van der Waals surface area contributed by atoms with Crippen LogP contribution < -0.4 is 5.32 Å². The van der Waals surface area contributed by atoms with Crippen molar-refractivity contribution in [2.45, 2.75) is 45.3 Å². The first-order chi connectivity index (χ1) is 7.06. The number of hydrogen-bond acceptors (Lipinski definition) is 3. The molecule has 2 atom stereocenters. The number of rotatable bonds is 5. The second kappa shape index (κ2) is 5.75. The minimum atomic E-state index is 0.0503. The van der Waals surface area contributed by atoms with Crippen LogP contribution in [0.15, 0.2) is 0 Å². The molecule has 3 nitrogen and oxygen atoms in total. The van der Waals surface area contributed by atoms with Crippen molar-refractivity contribution in [2.24, 2.45) is 0 Å². The van der Waals surface area contributed by atoms with E-state index in [9.17, 15) is 4.79 Å². The Balaban J connectivity index is 2.48. The van der Waals surface area contributed by atoms with Gasteiger partial charge in [0.15, 0.2) is 0 Å². The molecule has 1 saturated heterocycles. The second-order valence-electron chi connectivity index (χ2n) is 4.50. The Morgan fingerprint density at radius 2 is 2.20 bits per heavy atom. The molecule has 1 aliphatic heterocycles. The van der Waals surface area contributed by atoms with Gasteiger partial charge in [0.05, 0.1) is 6.04 Å². The van der Waals surface area contributed by atoms with E-state index in [2.05, 4.69) is 32.3 Å². The highest BCUT2D eigenvalue weighted by atomic mass is 32.2. The van der Waals surface area contributed by atoms with Crippen LogP contribution in [-0.2, 0) is 4.79 Å². The molecule has 1 aliphatic rings. The molecule has 4 heteroatoms. The summed E-state index contributed by atoms with van der Waals surface area (Å²) < 4.78 is 0. The molecule has 1 amide bonds. The Labute approximate surface area is 97.0 Å². The van der Waals surface area contributed by atoms with Gasteiger partial charge in [0.25, 0.3) is 0 Å². The van der Waals surface area contributed by atoms with Crippen LogP contribution in [0.3, 0.4) is 0 Å². The van der Waals surface area contributed by atoms with Gasteiger partial charge in [-0.1, -0.05) is 13.8 Å². The maximum atomic E-state index is 12.0. The lowest BCUT2D eigenvalue weighted by Gasteiger charge is -2.24. The highest BCUT2D eigenvalue weighted by Crippen LogP contribution is 2.17. The molecule has 1 rings (SSSR count). The molecule has 0 aromatic carbocycles. The third kappa shape index (κ3) is 3.38. The number of amides is 1. The van der Waals surface area contributed by atoms with Gasteiger partial charge in [-0.25, -0.2) is 0 Å². The number of carbonyl (C=O) groups is 1. The van der Waals surface area contributed by atoms with Gasteiger partial charge in [-0.2, -0.15) is 11.8 Å². The molecule has 0 bridgehead atoms. The lowest BCUT2D eigenvalue weighted by atomic mass is 10.2. The van der Waals surface area contributed by atoms with Crippen molar-refractivity contribution in [3.63, 3.8) is 0 Å². The van der Waals surface area contributed by atoms with Crippen molar-refractivity contribution >= 4 is 17.7 Å². The van der Waals surface area contributed by atoms with Crippen LogP contribution in [0.5, 0.6) is 0 Å². The van der Waals surface area contributed by atoms with E-state index < -0.39 is 0 Å². The average molecular weight is 230 g/mol. The largest absolute Gasteiger partial charge is 0.338 e. The van der Waals surface area contributed by atoms with Gasteiger partial charge < -0.3 is 10.2 Å². The van der Waals surface area contributed by atoms with Gasteiger partial charge >= 0.3 is 0 Å². The summed E-state index contributed by atoms with van der Waals surface area (Å²) in [5.74, 6) is 1.31. The Kier molecular flexibility index (Phi) is 4.93. The van der Waals surface area contributed by atoms with E-state index in [1.54, 1.807) is 11.8 Å². The quantitative estimate of drug-likeness (QED) is 0.773. The SMILES string of the molecule is CSCC(C)N1CCC(NC(C)C)C1=O. The molecular formula is C11H22N2OS. The van der Waals surface area contributed by atoms with E-state index in [1.807, 2.05) is 4.90 Å². The minimum Gasteiger partial charge on any atom is -0.338 e. The molecule has 1 N–H and O–H groups in total. The van der Waals surface area contributed by atoms with Crippen molar-refractivity contribution in [3.05, 3.63) is 0 Å². The monoisotopic (exact) mass is 230 g/mol. The maximum absolute atomic E-state index is 12.0. The summed E-state index contributed by atoms with van der Waals surface area (Å²) >= 11 is 1.80. The smallest absolute Gasteiger partial charge is 0.240 e. The Bertz CT molecular complexity index is 221. The van der Waals surface area contributed by atoms with E-state index in [4.69, 9.17) is 0 Å². The first kappa shape index (κ1) is 12.8. The van der Waals surface area contributed by atoms with Crippen LogP contribution in [0.1, 0.15) is 27.2 Å². The average Bonchev–Trinajstić information content (AvgIpc) is 2.48. The van der Waals surface area contributed by atoms with Crippen LogP contribution >= 0.6 is 11.8 Å². The predicted molar refractivity (Wildman–Crippen MR) is 66.2 cm³/mol. The van der Waals surface area contributed by atoms with Gasteiger partial charge in [-0.15, -0.1) is 0 Å². The fourth-order valence-electron chi connectivity index (χ4n) is 2.03. The molecule has 1 heterocycles. The lowest BCUT2D eigenvalue weighted by molar-refractivity contribution is -0.130. The molecule has 0 spiro atoms. The standard InChI is InChI=1S/C11H22N2OS/c1-8(2)12-10-5-6-13(11(10)14)9(3)7-15-4/h8-10,12H,5-7H2,1-4H3. The van der Waals surface area contributed by atoms with Crippen LogP contribution in [0.25, 0.3) is 0 Å². The summed E-state index contributed by atoms with van der Waals surface area (Å²) in [6.07, 6.45) is 3.04. The number of nitrogens with one attached hydrogen (secondary N) is 1. The number of thioether (sulfide) groups is 1. The summed E-state index contributed by atoms with van der Waals surface area (Å²) in [4.78, 5) is 14.0. The highest BCUT2D eigenvalue weighted by molar-refractivity contribution is 7.98. The zero-order chi connectivity index (χ0) is 11.4. The van der Waals surface area contributed by atoms with E-state index in [-0.39, 0.29) is 11.9 Å². The highest BCUT2D eigenvalue weighted by Gasteiger charge is 2.33. The number of likely N-dealkylation sites (tertiary alicyclic amines) is 1. The molecule has 88 valence electrons. The molecule has 15 heavy (non-hydrogen) atoms. The van der Waals surface area contributed by atoms with Crippen LogP contribution in [0, 0.1) is 0 Å². The molecule has 0 aromatic rings. The first-order valence-electron chi connectivity index (χ1n) is 5.61. The molecule has 0 radical (unpaired) electrons. The van der Waals surface area contributed by atoms with Crippen LogP contribution in [0.4, 0.5) is 0 Å². The predicted octanol–water partition coefficient (Wildman–Crippen LogP) is 1.34. The normalized spacial score (nSPS) is 23.9. The van der Waals surface area contributed by atoms with E-state index in [0.29, 0.717) is 12.1 Å². The van der Waals surface area contributed by atoms with E-state index in [0.717, 1.165) is 18.7 Å². The van der Waals surface area contributed by atoms with Crippen molar-refractivity contribution in [1.82, 2.24) is 10.2 Å². The molecule has 1 fully saturated rings. The lowest BCUT2D eigenvalue weighted by Crippen LogP contribution is -2.44. The number of hydrogen-bond donors (Lipinski definition) is 1. The summed E-state index contributed by atoms with van der Waals surface area (Å²) in [5, 5.41) is 3.32. The Morgan fingerprint density at radius 3 is 2.73 bits per heavy atom. The fourth-order valence-corrected chi connectivity index (χ4v) is 2.69. The number of carbonyl (C=O) groups excluding carboxylic acids is 1. The zero-order valence-electron chi connectivity index (χ0n) is 10.1. The number of nitrogens with zero attached hydrogens (tertiary/aromatic N) is 1.